The van der Waals surface area contributed by atoms with Crippen LogP contribution >= 0.6 is 0 Å². The van der Waals surface area contributed by atoms with Crippen molar-refractivity contribution < 1.29 is 4.74 Å². The first kappa shape index (κ1) is 10.5. The molecule has 1 atom stereocenters. The molecule has 17 heavy (non-hydrogen) atoms. The van der Waals surface area contributed by atoms with Crippen LogP contribution in [0, 0.1) is 0 Å². The molecule has 1 fully saturated rings. The molecule has 2 heterocycles. The highest BCUT2D eigenvalue weighted by Crippen LogP contribution is 2.30. The van der Waals surface area contributed by atoms with Crippen molar-refractivity contribution in [3.63, 3.8) is 0 Å². The van der Waals surface area contributed by atoms with Crippen LogP contribution in [0.4, 0.5) is 0 Å². The highest BCUT2D eigenvalue weighted by molar-refractivity contribution is 5.85. The van der Waals surface area contributed by atoms with Gasteiger partial charge >= 0.3 is 0 Å². The van der Waals surface area contributed by atoms with Gasteiger partial charge in [-0.3, -0.25) is 4.98 Å². The van der Waals surface area contributed by atoms with Crippen LogP contribution in [0.5, 0.6) is 5.75 Å². The van der Waals surface area contributed by atoms with Crippen molar-refractivity contribution in [2.75, 3.05) is 13.7 Å². The molecule has 3 heteroatoms. The average Bonchev–Trinajstić information content (AvgIpc) is 2.91. The molecule has 2 aromatic rings. The number of aromatic nitrogens is 1. The van der Waals surface area contributed by atoms with Crippen LogP contribution < -0.4 is 10.1 Å². The van der Waals surface area contributed by atoms with E-state index in [0.29, 0.717) is 6.04 Å². The Hall–Kier alpha value is -1.61. The highest BCUT2D eigenvalue weighted by Gasteiger charge is 2.19. The van der Waals surface area contributed by atoms with E-state index in [-0.39, 0.29) is 0 Å². The van der Waals surface area contributed by atoms with Gasteiger partial charge < -0.3 is 10.1 Å². The summed E-state index contributed by atoms with van der Waals surface area (Å²) in [5.41, 5.74) is 2.11. The lowest BCUT2D eigenvalue weighted by molar-refractivity contribution is 0.418. The van der Waals surface area contributed by atoms with Crippen LogP contribution in [0.3, 0.4) is 0 Å². The Kier molecular flexibility index (Phi) is 2.69. The van der Waals surface area contributed by atoms with E-state index in [1.54, 1.807) is 7.11 Å². The Morgan fingerprint density at radius 1 is 1.35 bits per heavy atom. The van der Waals surface area contributed by atoms with Crippen molar-refractivity contribution >= 4 is 10.9 Å². The zero-order valence-electron chi connectivity index (χ0n) is 9.94. The fourth-order valence-corrected chi connectivity index (χ4v) is 2.45. The summed E-state index contributed by atoms with van der Waals surface area (Å²) in [5.74, 6) is 0.916. The summed E-state index contributed by atoms with van der Waals surface area (Å²) in [4.78, 5) is 4.72. The van der Waals surface area contributed by atoms with Crippen molar-refractivity contribution in [1.82, 2.24) is 10.3 Å². The minimum atomic E-state index is 0.383. The van der Waals surface area contributed by atoms with Gasteiger partial charge in [0.05, 0.1) is 18.3 Å². The summed E-state index contributed by atoms with van der Waals surface area (Å²) in [5, 5.41) is 4.55. The third-order valence-corrected chi connectivity index (χ3v) is 3.34. The van der Waals surface area contributed by atoms with Gasteiger partial charge in [-0.1, -0.05) is 12.1 Å². The monoisotopic (exact) mass is 228 g/mol. The lowest BCUT2D eigenvalue weighted by Crippen LogP contribution is -2.14. The summed E-state index contributed by atoms with van der Waals surface area (Å²) in [6, 6.07) is 10.6. The number of hydrogen-bond acceptors (Lipinski definition) is 3. The Bertz CT molecular complexity index is 533. The van der Waals surface area contributed by atoms with Crippen LogP contribution in [0.1, 0.15) is 24.6 Å². The van der Waals surface area contributed by atoms with Crippen LogP contribution in [0.2, 0.25) is 0 Å². The molecule has 1 unspecified atom stereocenters. The molecular formula is C14H16N2O. The van der Waals surface area contributed by atoms with Crippen LogP contribution in [-0.2, 0) is 0 Å². The Balaban J connectivity index is 2.13. The maximum absolute atomic E-state index is 5.46. The van der Waals surface area contributed by atoms with E-state index in [1.807, 2.05) is 24.3 Å². The molecule has 0 bridgehead atoms. The fraction of sp³-hybridized carbons (Fsp3) is 0.357. The smallest absolute Gasteiger partial charge is 0.130 e. The van der Waals surface area contributed by atoms with E-state index in [9.17, 15) is 0 Å². The number of fused-ring (bicyclic) bond motifs is 1. The summed E-state index contributed by atoms with van der Waals surface area (Å²) in [7, 11) is 1.72. The number of methoxy groups -OCH3 is 1. The van der Waals surface area contributed by atoms with E-state index in [1.165, 1.54) is 6.42 Å². The number of nitrogens with zero attached hydrogens (tertiary/aromatic N) is 1. The molecule has 1 aliphatic rings. The van der Waals surface area contributed by atoms with Gasteiger partial charge in [0.1, 0.15) is 5.75 Å². The predicted octanol–water partition coefficient (Wildman–Crippen LogP) is 2.67. The van der Waals surface area contributed by atoms with E-state index in [2.05, 4.69) is 11.4 Å². The predicted molar refractivity (Wildman–Crippen MR) is 68.3 cm³/mol. The molecule has 1 aromatic heterocycles. The number of nitrogens with one attached hydrogen (secondary N) is 1. The first-order chi connectivity index (χ1) is 8.38. The van der Waals surface area contributed by atoms with E-state index in [0.717, 1.165) is 35.3 Å². The van der Waals surface area contributed by atoms with Gasteiger partial charge in [-0.25, -0.2) is 0 Å². The number of ether oxygens (including phenoxy) is 1. The van der Waals surface area contributed by atoms with E-state index < -0.39 is 0 Å². The minimum Gasteiger partial charge on any atom is -0.496 e. The topological polar surface area (TPSA) is 34.1 Å². The van der Waals surface area contributed by atoms with Crippen LogP contribution in [-0.4, -0.2) is 18.6 Å². The largest absolute Gasteiger partial charge is 0.496 e. The molecule has 1 aromatic carbocycles. The van der Waals surface area contributed by atoms with Crippen LogP contribution in [0.15, 0.2) is 30.3 Å². The first-order valence-electron chi connectivity index (χ1n) is 6.05. The van der Waals surface area contributed by atoms with Gasteiger partial charge in [-0.15, -0.1) is 0 Å². The average molecular weight is 228 g/mol. The van der Waals surface area contributed by atoms with Gasteiger partial charge in [0.15, 0.2) is 0 Å². The molecule has 3 rings (SSSR count). The molecule has 88 valence electrons. The quantitative estimate of drug-likeness (QED) is 0.858. The van der Waals surface area contributed by atoms with Crippen molar-refractivity contribution in [3.8, 4) is 5.75 Å². The number of hydrogen-bond donors (Lipinski definition) is 1. The maximum Gasteiger partial charge on any atom is 0.130 e. The number of pyridine rings is 1. The van der Waals surface area contributed by atoms with E-state index in [4.69, 9.17) is 9.72 Å². The Morgan fingerprint density at radius 3 is 3.00 bits per heavy atom. The summed E-state index contributed by atoms with van der Waals surface area (Å²) in [6.07, 6.45) is 2.38. The molecule has 0 aliphatic carbocycles. The number of para-hydroxylation sites is 1. The van der Waals surface area contributed by atoms with Gasteiger partial charge in [0.25, 0.3) is 0 Å². The Labute approximate surface area is 101 Å². The Morgan fingerprint density at radius 2 is 2.24 bits per heavy atom. The minimum absolute atomic E-state index is 0.383. The fourth-order valence-electron chi connectivity index (χ4n) is 2.45. The second-order valence-electron chi connectivity index (χ2n) is 4.42. The van der Waals surface area contributed by atoms with Crippen LogP contribution in [0.25, 0.3) is 10.9 Å². The first-order valence-corrected chi connectivity index (χ1v) is 6.05. The molecule has 1 N–H and O–H groups in total. The lowest BCUT2D eigenvalue weighted by atomic mass is 10.1. The molecule has 1 aliphatic heterocycles. The second-order valence-corrected chi connectivity index (χ2v) is 4.42. The SMILES string of the molecule is COc1cc(C2CCCN2)nc2ccccc12. The number of benzene rings is 1. The molecule has 1 saturated heterocycles. The third kappa shape index (κ3) is 1.87. The molecule has 0 saturated carbocycles. The second kappa shape index (κ2) is 4.34. The normalized spacial score (nSPS) is 19.7. The molecular weight excluding hydrogens is 212 g/mol. The third-order valence-electron chi connectivity index (χ3n) is 3.34. The van der Waals surface area contributed by atoms with Crippen molar-refractivity contribution in [3.05, 3.63) is 36.0 Å². The van der Waals surface area contributed by atoms with Gasteiger partial charge in [-0.2, -0.15) is 0 Å². The summed E-state index contributed by atoms with van der Waals surface area (Å²) < 4.78 is 5.46. The van der Waals surface area contributed by atoms with Crippen molar-refractivity contribution in [2.24, 2.45) is 0 Å². The molecule has 3 nitrogen and oxygen atoms in total. The van der Waals surface area contributed by atoms with Gasteiger partial charge in [0.2, 0.25) is 0 Å². The zero-order chi connectivity index (χ0) is 11.7. The van der Waals surface area contributed by atoms with Gasteiger partial charge in [0, 0.05) is 17.5 Å². The summed E-state index contributed by atoms with van der Waals surface area (Å²) in [6.45, 7) is 1.08. The zero-order valence-corrected chi connectivity index (χ0v) is 9.94. The van der Waals surface area contributed by atoms with Crippen molar-refractivity contribution in [1.29, 1.82) is 0 Å². The van der Waals surface area contributed by atoms with E-state index >= 15 is 0 Å². The van der Waals surface area contributed by atoms with Crippen molar-refractivity contribution in [2.45, 2.75) is 18.9 Å². The lowest BCUT2D eigenvalue weighted by Gasteiger charge is -2.13. The molecule has 0 amide bonds. The highest BCUT2D eigenvalue weighted by atomic mass is 16.5. The number of rotatable bonds is 2. The summed E-state index contributed by atoms with van der Waals surface area (Å²) >= 11 is 0. The van der Waals surface area contributed by atoms with Gasteiger partial charge in [-0.05, 0) is 31.5 Å². The molecule has 0 spiro atoms. The standard InChI is InChI=1S/C14H16N2O/c1-17-14-9-13(12-7-4-8-15-12)16-11-6-3-2-5-10(11)14/h2-3,5-6,9,12,15H,4,7-8H2,1H3. The molecule has 0 radical (unpaired) electrons. The maximum atomic E-state index is 5.46.